The smallest absolute Gasteiger partial charge is 0.224 e. The first kappa shape index (κ1) is 12.2. The molecule has 2 rings (SSSR count). The van der Waals surface area contributed by atoms with Crippen molar-refractivity contribution >= 4 is 29.2 Å². The SMILES string of the molecule is Clc1nccc(NCCSc2ccccc2)n1. The molecule has 3 nitrogen and oxygen atoms in total. The zero-order chi connectivity index (χ0) is 11.9. The van der Waals surface area contributed by atoms with Gasteiger partial charge in [-0.1, -0.05) is 18.2 Å². The highest BCUT2D eigenvalue weighted by atomic mass is 35.5. The van der Waals surface area contributed by atoms with E-state index in [2.05, 4.69) is 27.4 Å². The van der Waals surface area contributed by atoms with Crippen LogP contribution in [0.15, 0.2) is 47.5 Å². The van der Waals surface area contributed by atoms with Gasteiger partial charge < -0.3 is 5.32 Å². The van der Waals surface area contributed by atoms with Gasteiger partial charge in [-0.05, 0) is 29.8 Å². The molecule has 0 saturated heterocycles. The van der Waals surface area contributed by atoms with E-state index in [-0.39, 0.29) is 5.28 Å². The Bertz CT molecular complexity index is 464. The van der Waals surface area contributed by atoms with Gasteiger partial charge in [0, 0.05) is 23.4 Å². The van der Waals surface area contributed by atoms with E-state index in [1.807, 2.05) is 18.2 Å². The normalized spacial score (nSPS) is 10.2. The van der Waals surface area contributed by atoms with Crippen molar-refractivity contribution in [1.82, 2.24) is 9.97 Å². The van der Waals surface area contributed by atoms with Crippen molar-refractivity contribution in [3.8, 4) is 0 Å². The summed E-state index contributed by atoms with van der Waals surface area (Å²) in [5.41, 5.74) is 0. The van der Waals surface area contributed by atoms with E-state index in [0.29, 0.717) is 0 Å². The number of nitrogens with one attached hydrogen (secondary N) is 1. The fourth-order valence-corrected chi connectivity index (χ4v) is 2.23. The average Bonchev–Trinajstić information content (AvgIpc) is 2.36. The lowest BCUT2D eigenvalue weighted by Crippen LogP contribution is -2.05. The fourth-order valence-electron chi connectivity index (χ4n) is 1.30. The van der Waals surface area contributed by atoms with Crippen molar-refractivity contribution in [3.63, 3.8) is 0 Å². The number of thioether (sulfide) groups is 1. The van der Waals surface area contributed by atoms with Crippen LogP contribution in [0.5, 0.6) is 0 Å². The van der Waals surface area contributed by atoms with Crippen molar-refractivity contribution in [1.29, 1.82) is 0 Å². The number of rotatable bonds is 5. The second-order valence-corrected chi connectivity index (χ2v) is 4.81. The molecule has 0 bridgehead atoms. The van der Waals surface area contributed by atoms with Gasteiger partial charge in [-0.15, -0.1) is 11.8 Å². The van der Waals surface area contributed by atoms with Gasteiger partial charge >= 0.3 is 0 Å². The van der Waals surface area contributed by atoms with E-state index in [9.17, 15) is 0 Å². The van der Waals surface area contributed by atoms with E-state index < -0.39 is 0 Å². The Balaban J connectivity index is 1.73. The Morgan fingerprint density at radius 1 is 1.18 bits per heavy atom. The van der Waals surface area contributed by atoms with Gasteiger partial charge in [0.1, 0.15) is 5.82 Å². The predicted octanol–water partition coefficient (Wildman–Crippen LogP) is 3.33. The van der Waals surface area contributed by atoms with Crippen molar-refractivity contribution in [3.05, 3.63) is 47.9 Å². The molecule has 0 aliphatic rings. The molecular weight excluding hydrogens is 254 g/mol. The van der Waals surface area contributed by atoms with Crippen LogP contribution in [0.4, 0.5) is 5.82 Å². The van der Waals surface area contributed by atoms with E-state index in [4.69, 9.17) is 11.6 Å². The molecule has 0 spiro atoms. The first-order valence-electron chi connectivity index (χ1n) is 5.25. The highest BCUT2D eigenvalue weighted by molar-refractivity contribution is 7.99. The first-order chi connectivity index (χ1) is 8.34. The molecule has 17 heavy (non-hydrogen) atoms. The van der Waals surface area contributed by atoms with Gasteiger partial charge in [0.2, 0.25) is 5.28 Å². The monoisotopic (exact) mass is 265 g/mol. The molecule has 0 aliphatic carbocycles. The molecule has 0 unspecified atom stereocenters. The third-order valence-electron chi connectivity index (χ3n) is 2.05. The third kappa shape index (κ3) is 4.24. The zero-order valence-corrected chi connectivity index (χ0v) is 10.7. The largest absolute Gasteiger partial charge is 0.369 e. The summed E-state index contributed by atoms with van der Waals surface area (Å²) >= 11 is 7.49. The summed E-state index contributed by atoms with van der Waals surface area (Å²) in [6.07, 6.45) is 1.64. The lowest BCUT2D eigenvalue weighted by molar-refractivity contribution is 1.12. The standard InChI is InChI=1S/C12H12ClN3S/c13-12-15-7-6-11(16-12)14-8-9-17-10-4-2-1-3-5-10/h1-7H,8-9H2,(H,14,15,16). The van der Waals surface area contributed by atoms with Crippen LogP contribution in [0.1, 0.15) is 0 Å². The lowest BCUT2D eigenvalue weighted by Gasteiger charge is -2.05. The Labute approximate surface area is 110 Å². The Hall–Kier alpha value is -1.26. The maximum absolute atomic E-state index is 5.69. The van der Waals surface area contributed by atoms with E-state index in [1.165, 1.54) is 4.90 Å². The van der Waals surface area contributed by atoms with Crippen molar-refractivity contribution in [2.75, 3.05) is 17.6 Å². The maximum Gasteiger partial charge on any atom is 0.224 e. The summed E-state index contributed by atoms with van der Waals surface area (Å²) < 4.78 is 0. The minimum atomic E-state index is 0.269. The fraction of sp³-hybridized carbons (Fsp3) is 0.167. The van der Waals surface area contributed by atoms with Crippen LogP contribution in [0, 0.1) is 0 Å². The van der Waals surface area contributed by atoms with Crippen LogP contribution < -0.4 is 5.32 Å². The van der Waals surface area contributed by atoms with Crippen LogP contribution in [0.3, 0.4) is 0 Å². The number of halogens is 1. The molecule has 2 aromatic rings. The van der Waals surface area contributed by atoms with E-state index in [0.717, 1.165) is 18.1 Å². The number of anilines is 1. The Morgan fingerprint density at radius 3 is 2.76 bits per heavy atom. The average molecular weight is 266 g/mol. The second-order valence-electron chi connectivity index (χ2n) is 3.30. The maximum atomic E-state index is 5.69. The summed E-state index contributed by atoms with van der Waals surface area (Å²) in [6, 6.07) is 12.1. The summed E-state index contributed by atoms with van der Waals surface area (Å²) in [7, 11) is 0. The van der Waals surface area contributed by atoms with Crippen LogP contribution in [-0.2, 0) is 0 Å². The third-order valence-corrected chi connectivity index (χ3v) is 3.24. The molecule has 0 radical (unpaired) electrons. The molecule has 0 amide bonds. The van der Waals surface area contributed by atoms with Gasteiger partial charge in [-0.25, -0.2) is 9.97 Å². The molecule has 0 atom stereocenters. The summed E-state index contributed by atoms with van der Waals surface area (Å²) in [5, 5.41) is 3.47. The van der Waals surface area contributed by atoms with E-state index in [1.54, 1.807) is 24.0 Å². The number of hydrogen-bond donors (Lipinski definition) is 1. The molecule has 5 heteroatoms. The predicted molar refractivity (Wildman–Crippen MR) is 72.7 cm³/mol. The quantitative estimate of drug-likeness (QED) is 0.511. The first-order valence-corrected chi connectivity index (χ1v) is 6.61. The highest BCUT2D eigenvalue weighted by Crippen LogP contribution is 2.16. The zero-order valence-electron chi connectivity index (χ0n) is 9.14. The highest BCUT2D eigenvalue weighted by Gasteiger charge is 1.96. The number of aromatic nitrogens is 2. The number of nitrogens with zero attached hydrogens (tertiary/aromatic N) is 2. The molecule has 1 aromatic heterocycles. The van der Waals surface area contributed by atoms with Gasteiger partial charge in [-0.3, -0.25) is 0 Å². The van der Waals surface area contributed by atoms with Crippen LogP contribution in [-0.4, -0.2) is 22.3 Å². The van der Waals surface area contributed by atoms with Crippen LogP contribution in [0.2, 0.25) is 5.28 Å². The van der Waals surface area contributed by atoms with Crippen molar-refractivity contribution in [2.45, 2.75) is 4.90 Å². The Kier molecular flexibility index (Phi) is 4.64. The topological polar surface area (TPSA) is 37.8 Å². The summed E-state index contributed by atoms with van der Waals surface area (Å²) in [5.74, 6) is 1.74. The molecule has 0 fully saturated rings. The minimum absolute atomic E-state index is 0.269. The van der Waals surface area contributed by atoms with Crippen molar-refractivity contribution < 1.29 is 0 Å². The van der Waals surface area contributed by atoms with Gasteiger partial charge in [0.25, 0.3) is 0 Å². The van der Waals surface area contributed by atoms with Crippen molar-refractivity contribution in [2.24, 2.45) is 0 Å². The minimum Gasteiger partial charge on any atom is -0.369 e. The summed E-state index contributed by atoms with van der Waals surface area (Å²) in [4.78, 5) is 9.15. The molecule has 1 heterocycles. The molecule has 0 aliphatic heterocycles. The molecule has 88 valence electrons. The molecule has 0 saturated carbocycles. The van der Waals surface area contributed by atoms with Gasteiger partial charge in [0.15, 0.2) is 0 Å². The molecule has 1 N–H and O–H groups in total. The molecule has 1 aromatic carbocycles. The van der Waals surface area contributed by atoms with E-state index >= 15 is 0 Å². The van der Waals surface area contributed by atoms with Crippen LogP contribution in [0.25, 0.3) is 0 Å². The van der Waals surface area contributed by atoms with Crippen LogP contribution >= 0.6 is 23.4 Å². The van der Waals surface area contributed by atoms with Gasteiger partial charge in [-0.2, -0.15) is 0 Å². The summed E-state index contributed by atoms with van der Waals surface area (Å²) in [6.45, 7) is 0.840. The molecular formula is C12H12ClN3S. The van der Waals surface area contributed by atoms with Gasteiger partial charge in [0.05, 0.1) is 0 Å². The number of hydrogen-bond acceptors (Lipinski definition) is 4. The second kappa shape index (κ2) is 6.47. The Morgan fingerprint density at radius 2 is 2.00 bits per heavy atom. The lowest BCUT2D eigenvalue weighted by atomic mass is 10.4. The number of benzene rings is 1.